The smallest absolute Gasteiger partial charge is 0.256 e. The van der Waals surface area contributed by atoms with Gasteiger partial charge in [0.1, 0.15) is 11.6 Å². The second-order valence-electron chi connectivity index (χ2n) is 8.84. The molecule has 0 fully saturated rings. The van der Waals surface area contributed by atoms with Gasteiger partial charge in [0.25, 0.3) is 5.56 Å². The lowest BCUT2D eigenvalue weighted by molar-refractivity contribution is 0.420. The Bertz CT molecular complexity index is 1120. The first-order valence-electron chi connectivity index (χ1n) is 11.9. The summed E-state index contributed by atoms with van der Waals surface area (Å²) in [4.78, 5) is 17.6. The van der Waals surface area contributed by atoms with E-state index in [0.717, 1.165) is 92.7 Å². The molecule has 2 aromatic heterocycles. The lowest BCUT2D eigenvalue weighted by Gasteiger charge is -2.19. The van der Waals surface area contributed by atoms with Gasteiger partial charge >= 0.3 is 0 Å². The molecule has 172 valence electrons. The molecule has 0 aliphatic carbocycles. The number of fused-ring (bicyclic) bond motifs is 2. The van der Waals surface area contributed by atoms with Crippen molar-refractivity contribution in [3.8, 4) is 0 Å². The number of benzene rings is 1. The van der Waals surface area contributed by atoms with Crippen molar-refractivity contribution in [1.29, 1.82) is 0 Å². The van der Waals surface area contributed by atoms with Gasteiger partial charge < -0.3 is 9.84 Å². The van der Waals surface area contributed by atoms with Crippen LogP contribution in [0.5, 0.6) is 0 Å². The summed E-state index contributed by atoms with van der Waals surface area (Å²) in [5.41, 5.74) is 3.26. The summed E-state index contributed by atoms with van der Waals surface area (Å²) in [7, 11) is 0. The summed E-state index contributed by atoms with van der Waals surface area (Å²) in [5, 5.41) is 8.68. The maximum absolute atomic E-state index is 13.5. The SMILES string of the molecule is CCCCC(CCNCCc1c(C)nc2n(c1=O)CCCC2)c1noc2cc(F)ccc12. The summed E-state index contributed by atoms with van der Waals surface area (Å²) in [6.07, 6.45) is 7.91. The predicted molar refractivity (Wildman–Crippen MR) is 124 cm³/mol. The van der Waals surface area contributed by atoms with Crippen LogP contribution in [0.1, 0.15) is 74.1 Å². The average Bonchev–Trinajstić information content (AvgIpc) is 3.20. The first kappa shape index (κ1) is 22.6. The van der Waals surface area contributed by atoms with E-state index in [9.17, 15) is 9.18 Å². The number of nitrogens with one attached hydrogen (secondary N) is 1. The molecule has 0 saturated heterocycles. The van der Waals surface area contributed by atoms with E-state index in [-0.39, 0.29) is 17.3 Å². The van der Waals surface area contributed by atoms with Crippen molar-refractivity contribution in [2.45, 2.75) is 77.7 Å². The summed E-state index contributed by atoms with van der Waals surface area (Å²) in [5.74, 6) is 0.885. The van der Waals surface area contributed by atoms with Crippen LogP contribution in [0.3, 0.4) is 0 Å². The molecule has 1 aromatic carbocycles. The fourth-order valence-electron chi connectivity index (χ4n) is 4.73. The van der Waals surface area contributed by atoms with Gasteiger partial charge in [0, 0.05) is 41.6 Å². The molecule has 3 heterocycles. The molecule has 0 amide bonds. The Labute approximate surface area is 188 Å². The van der Waals surface area contributed by atoms with E-state index in [2.05, 4.69) is 17.4 Å². The highest BCUT2D eigenvalue weighted by molar-refractivity contribution is 5.79. The van der Waals surface area contributed by atoms with Gasteiger partial charge in [0.2, 0.25) is 0 Å². The molecule has 1 N–H and O–H groups in total. The lowest BCUT2D eigenvalue weighted by atomic mass is 9.93. The lowest BCUT2D eigenvalue weighted by Crippen LogP contribution is -2.33. The number of halogens is 1. The molecule has 32 heavy (non-hydrogen) atoms. The van der Waals surface area contributed by atoms with Gasteiger partial charge in [-0.2, -0.15) is 0 Å². The largest absolute Gasteiger partial charge is 0.356 e. The molecule has 0 bridgehead atoms. The van der Waals surface area contributed by atoms with E-state index < -0.39 is 0 Å². The summed E-state index contributed by atoms with van der Waals surface area (Å²) >= 11 is 0. The van der Waals surface area contributed by atoms with E-state index in [1.54, 1.807) is 6.07 Å². The third-order valence-electron chi connectivity index (χ3n) is 6.56. The van der Waals surface area contributed by atoms with Crippen molar-refractivity contribution < 1.29 is 8.91 Å². The number of rotatable bonds is 10. The van der Waals surface area contributed by atoms with Crippen molar-refractivity contribution in [2.24, 2.45) is 0 Å². The van der Waals surface area contributed by atoms with Gasteiger partial charge in [0.15, 0.2) is 5.58 Å². The summed E-state index contributed by atoms with van der Waals surface area (Å²) in [6, 6.07) is 4.63. The Morgan fingerprint density at radius 1 is 1.25 bits per heavy atom. The van der Waals surface area contributed by atoms with Gasteiger partial charge in [-0.1, -0.05) is 24.9 Å². The van der Waals surface area contributed by atoms with Gasteiger partial charge in [-0.25, -0.2) is 9.37 Å². The summed E-state index contributed by atoms with van der Waals surface area (Å²) < 4.78 is 20.8. The molecular formula is C25H33FN4O2. The normalized spacial score (nSPS) is 14.6. The first-order valence-corrected chi connectivity index (χ1v) is 11.9. The molecular weight excluding hydrogens is 407 g/mol. The van der Waals surface area contributed by atoms with Crippen molar-refractivity contribution >= 4 is 11.0 Å². The third kappa shape index (κ3) is 4.93. The monoisotopic (exact) mass is 440 g/mol. The fourth-order valence-corrected chi connectivity index (χ4v) is 4.73. The van der Waals surface area contributed by atoms with Crippen LogP contribution < -0.4 is 10.9 Å². The van der Waals surface area contributed by atoms with Crippen molar-refractivity contribution in [3.63, 3.8) is 0 Å². The minimum absolute atomic E-state index is 0.135. The molecule has 4 rings (SSSR count). The molecule has 3 aromatic rings. The quantitative estimate of drug-likeness (QED) is 0.464. The molecule has 1 atom stereocenters. The highest BCUT2D eigenvalue weighted by Gasteiger charge is 2.20. The molecule has 1 aliphatic heterocycles. The van der Waals surface area contributed by atoms with Crippen LogP contribution in [-0.2, 0) is 19.4 Å². The molecule has 1 aliphatic rings. The van der Waals surface area contributed by atoms with Crippen molar-refractivity contribution in [2.75, 3.05) is 13.1 Å². The second-order valence-corrected chi connectivity index (χ2v) is 8.84. The van der Waals surface area contributed by atoms with E-state index >= 15 is 0 Å². The van der Waals surface area contributed by atoms with E-state index in [0.29, 0.717) is 12.0 Å². The number of hydrogen-bond acceptors (Lipinski definition) is 5. The molecule has 7 heteroatoms. The van der Waals surface area contributed by atoms with Crippen LogP contribution in [0, 0.1) is 12.7 Å². The number of hydrogen-bond donors (Lipinski definition) is 1. The van der Waals surface area contributed by atoms with Crippen LogP contribution in [0.25, 0.3) is 11.0 Å². The average molecular weight is 441 g/mol. The van der Waals surface area contributed by atoms with Crippen LogP contribution in [0.4, 0.5) is 4.39 Å². The maximum Gasteiger partial charge on any atom is 0.256 e. The van der Waals surface area contributed by atoms with Crippen LogP contribution >= 0.6 is 0 Å². The minimum Gasteiger partial charge on any atom is -0.356 e. The number of aryl methyl sites for hydroxylation is 2. The predicted octanol–water partition coefficient (Wildman–Crippen LogP) is 4.66. The number of nitrogens with zero attached hydrogens (tertiary/aromatic N) is 3. The van der Waals surface area contributed by atoms with Crippen LogP contribution in [0.15, 0.2) is 27.5 Å². The Kier molecular flexibility index (Phi) is 7.35. The Morgan fingerprint density at radius 3 is 2.97 bits per heavy atom. The van der Waals surface area contributed by atoms with Gasteiger partial charge in [-0.05, 0) is 64.3 Å². The van der Waals surface area contributed by atoms with Gasteiger partial charge in [-0.3, -0.25) is 9.36 Å². The minimum atomic E-state index is -0.310. The van der Waals surface area contributed by atoms with E-state index in [1.807, 2.05) is 11.5 Å². The first-order chi connectivity index (χ1) is 15.6. The number of aromatic nitrogens is 3. The molecule has 6 nitrogen and oxygen atoms in total. The van der Waals surface area contributed by atoms with Crippen molar-refractivity contribution in [3.05, 3.63) is 57.1 Å². The standard InChI is InChI=1S/C25H33FN4O2/c1-3-4-7-18(24-21-10-9-19(26)16-22(21)32-29-24)11-13-27-14-12-20-17(2)28-23-8-5-6-15-30(23)25(20)31/h9-10,16,18,27H,3-8,11-15H2,1-2H3. The van der Waals surface area contributed by atoms with E-state index in [1.165, 1.54) is 12.1 Å². The van der Waals surface area contributed by atoms with Crippen molar-refractivity contribution in [1.82, 2.24) is 20.0 Å². The summed E-state index contributed by atoms with van der Waals surface area (Å²) in [6.45, 7) is 6.48. The van der Waals surface area contributed by atoms with E-state index in [4.69, 9.17) is 9.51 Å². The second kappa shape index (κ2) is 10.4. The maximum atomic E-state index is 13.5. The number of unbranched alkanes of at least 4 members (excludes halogenated alkanes) is 1. The Hall–Kier alpha value is -2.54. The highest BCUT2D eigenvalue weighted by Crippen LogP contribution is 2.31. The zero-order chi connectivity index (χ0) is 22.5. The molecule has 0 radical (unpaired) electrons. The Balaban J connectivity index is 1.36. The van der Waals surface area contributed by atoms with Gasteiger partial charge in [-0.15, -0.1) is 0 Å². The highest BCUT2D eigenvalue weighted by atomic mass is 19.1. The van der Waals surface area contributed by atoms with Gasteiger partial charge in [0.05, 0.1) is 5.69 Å². The zero-order valence-electron chi connectivity index (χ0n) is 19.1. The molecule has 0 saturated carbocycles. The van der Waals surface area contributed by atoms with Crippen LogP contribution in [0.2, 0.25) is 0 Å². The third-order valence-corrected chi connectivity index (χ3v) is 6.56. The molecule has 0 spiro atoms. The Morgan fingerprint density at radius 2 is 2.12 bits per heavy atom. The molecule has 1 unspecified atom stereocenters. The fraction of sp³-hybridized carbons (Fsp3) is 0.560. The van der Waals surface area contributed by atoms with Crippen LogP contribution in [-0.4, -0.2) is 27.8 Å². The zero-order valence-corrected chi connectivity index (χ0v) is 19.1. The topological polar surface area (TPSA) is 73.0 Å².